The highest BCUT2D eigenvalue weighted by molar-refractivity contribution is 5.94. The van der Waals surface area contributed by atoms with Gasteiger partial charge in [-0.05, 0) is 25.0 Å². The average Bonchev–Trinajstić information content (AvgIpc) is 3.11. The van der Waals surface area contributed by atoms with E-state index in [0.717, 1.165) is 0 Å². The molecule has 0 radical (unpaired) electrons. The number of benzene rings is 1. The third-order valence-electron chi connectivity index (χ3n) is 4.21. The van der Waals surface area contributed by atoms with Crippen LogP contribution in [0.5, 0.6) is 0 Å². The molecule has 0 aliphatic carbocycles. The molecule has 1 aliphatic heterocycles. The Morgan fingerprint density at radius 2 is 2.00 bits per heavy atom. The highest BCUT2D eigenvalue weighted by Gasteiger charge is 2.29. The second-order valence-corrected chi connectivity index (χ2v) is 5.88. The lowest BCUT2D eigenvalue weighted by atomic mass is 9.98. The topological polar surface area (TPSA) is 119 Å². The Hall–Kier alpha value is -3.23. The van der Waals surface area contributed by atoms with Gasteiger partial charge in [-0.3, -0.25) is 19.7 Å². The number of aliphatic carboxylic acids is 1. The summed E-state index contributed by atoms with van der Waals surface area (Å²) in [5.41, 5.74) is 0.913. The smallest absolute Gasteiger partial charge is 0.308 e. The largest absolute Gasteiger partial charge is 0.481 e. The van der Waals surface area contributed by atoms with Gasteiger partial charge in [-0.25, -0.2) is 4.68 Å². The standard InChI is InChI=1S/C16H16N4O5/c21-15(18-7-1-2-11(9-18)16(22)23)12-8-17-19(10-12)13-3-5-14(6-4-13)20(24)25/h3-6,8,10-11H,1-2,7,9H2,(H,22,23). The van der Waals surface area contributed by atoms with E-state index in [-0.39, 0.29) is 18.1 Å². The Labute approximate surface area is 142 Å². The average molecular weight is 344 g/mol. The molecule has 1 aromatic carbocycles. The number of hydrogen-bond acceptors (Lipinski definition) is 5. The van der Waals surface area contributed by atoms with Crippen molar-refractivity contribution in [1.29, 1.82) is 0 Å². The van der Waals surface area contributed by atoms with E-state index in [0.29, 0.717) is 30.6 Å². The van der Waals surface area contributed by atoms with E-state index in [1.54, 1.807) is 12.1 Å². The molecule has 9 nitrogen and oxygen atoms in total. The molecule has 1 fully saturated rings. The number of piperidine rings is 1. The first-order valence-electron chi connectivity index (χ1n) is 7.77. The number of carboxylic acid groups (broad SMARTS) is 1. The molecule has 130 valence electrons. The van der Waals surface area contributed by atoms with Crippen molar-refractivity contribution in [3.8, 4) is 5.69 Å². The van der Waals surface area contributed by atoms with Crippen molar-refractivity contribution in [3.05, 3.63) is 52.3 Å². The van der Waals surface area contributed by atoms with Gasteiger partial charge in [0.25, 0.3) is 11.6 Å². The van der Waals surface area contributed by atoms with Gasteiger partial charge in [-0.1, -0.05) is 0 Å². The first kappa shape index (κ1) is 16.6. The summed E-state index contributed by atoms with van der Waals surface area (Å²) in [4.78, 5) is 35.4. The maximum atomic E-state index is 12.5. The van der Waals surface area contributed by atoms with Crippen molar-refractivity contribution in [2.45, 2.75) is 12.8 Å². The predicted molar refractivity (Wildman–Crippen MR) is 86.5 cm³/mol. The van der Waals surface area contributed by atoms with Crippen LogP contribution in [0.15, 0.2) is 36.7 Å². The molecule has 0 bridgehead atoms. The maximum Gasteiger partial charge on any atom is 0.308 e. The zero-order chi connectivity index (χ0) is 18.0. The van der Waals surface area contributed by atoms with Gasteiger partial charge in [0.15, 0.2) is 0 Å². The number of aromatic nitrogens is 2. The zero-order valence-corrected chi connectivity index (χ0v) is 13.2. The number of nitrogens with zero attached hydrogens (tertiary/aromatic N) is 4. The first-order valence-corrected chi connectivity index (χ1v) is 7.77. The van der Waals surface area contributed by atoms with E-state index in [9.17, 15) is 19.7 Å². The molecule has 0 saturated carbocycles. The van der Waals surface area contributed by atoms with Crippen molar-refractivity contribution >= 4 is 17.6 Å². The molecular weight excluding hydrogens is 328 g/mol. The van der Waals surface area contributed by atoms with E-state index in [2.05, 4.69) is 5.10 Å². The van der Waals surface area contributed by atoms with Crippen LogP contribution < -0.4 is 0 Å². The molecule has 1 unspecified atom stereocenters. The molecule has 1 saturated heterocycles. The summed E-state index contributed by atoms with van der Waals surface area (Å²) in [5, 5.41) is 23.9. The second kappa shape index (κ2) is 6.71. The van der Waals surface area contributed by atoms with Gasteiger partial charge in [0.1, 0.15) is 0 Å². The van der Waals surface area contributed by atoms with Crippen molar-refractivity contribution in [3.63, 3.8) is 0 Å². The van der Waals surface area contributed by atoms with E-state index in [4.69, 9.17) is 5.11 Å². The number of rotatable bonds is 4. The van der Waals surface area contributed by atoms with Crippen molar-refractivity contribution in [2.24, 2.45) is 5.92 Å². The zero-order valence-electron chi connectivity index (χ0n) is 13.2. The SMILES string of the molecule is O=C(O)C1CCCN(C(=O)c2cnn(-c3ccc([N+](=O)[O-])cc3)c2)C1. The van der Waals surface area contributed by atoms with Crippen LogP contribution >= 0.6 is 0 Å². The van der Waals surface area contributed by atoms with Crippen LogP contribution in [0, 0.1) is 16.0 Å². The summed E-state index contributed by atoms with van der Waals surface area (Å²) in [6.45, 7) is 0.711. The van der Waals surface area contributed by atoms with Gasteiger partial charge in [-0.2, -0.15) is 5.10 Å². The molecule has 1 atom stereocenters. The van der Waals surface area contributed by atoms with Crippen LogP contribution in [0.25, 0.3) is 5.69 Å². The van der Waals surface area contributed by atoms with E-state index in [1.807, 2.05) is 0 Å². The molecule has 0 spiro atoms. The fourth-order valence-electron chi connectivity index (χ4n) is 2.85. The number of nitro benzene ring substituents is 1. The Bertz CT molecular complexity index is 814. The molecule has 1 aliphatic rings. The summed E-state index contributed by atoms with van der Waals surface area (Å²) in [5.74, 6) is -1.69. The van der Waals surface area contributed by atoms with Crippen LogP contribution in [0.1, 0.15) is 23.2 Å². The number of nitro groups is 1. The summed E-state index contributed by atoms with van der Waals surface area (Å²) >= 11 is 0. The number of hydrogen-bond donors (Lipinski definition) is 1. The van der Waals surface area contributed by atoms with Crippen LogP contribution in [-0.2, 0) is 4.79 Å². The molecule has 2 aromatic rings. The number of amides is 1. The van der Waals surface area contributed by atoms with E-state index >= 15 is 0 Å². The highest BCUT2D eigenvalue weighted by Crippen LogP contribution is 2.20. The monoisotopic (exact) mass is 344 g/mol. The molecule has 1 amide bonds. The minimum atomic E-state index is -0.890. The third-order valence-corrected chi connectivity index (χ3v) is 4.21. The number of likely N-dealkylation sites (tertiary alicyclic amines) is 1. The molecule has 1 N–H and O–H groups in total. The minimum Gasteiger partial charge on any atom is -0.481 e. The number of carbonyl (C=O) groups is 2. The first-order chi connectivity index (χ1) is 12.0. The summed E-state index contributed by atoms with van der Waals surface area (Å²) < 4.78 is 1.45. The fourth-order valence-corrected chi connectivity index (χ4v) is 2.85. The Morgan fingerprint density at radius 1 is 1.28 bits per heavy atom. The van der Waals surface area contributed by atoms with Gasteiger partial charge in [0.05, 0.1) is 28.3 Å². The van der Waals surface area contributed by atoms with Crippen LogP contribution in [-0.4, -0.2) is 49.7 Å². The maximum absolute atomic E-state index is 12.5. The normalized spacial score (nSPS) is 17.3. The lowest BCUT2D eigenvalue weighted by molar-refractivity contribution is -0.384. The molecule has 2 heterocycles. The minimum absolute atomic E-state index is 0.0276. The number of carboxylic acids is 1. The van der Waals surface area contributed by atoms with Crippen molar-refractivity contribution in [2.75, 3.05) is 13.1 Å². The van der Waals surface area contributed by atoms with Gasteiger partial charge < -0.3 is 10.0 Å². The van der Waals surface area contributed by atoms with E-state index < -0.39 is 16.8 Å². The molecule has 25 heavy (non-hydrogen) atoms. The summed E-state index contributed by atoms with van der Waals surface area (Å²) in [6.07, 6.45) is 4.17. The van der Waals surface area contributed by atoms with Gasteiger partial charge in [-0.15, -0.1) is 0 Å². The fraction of sp³-hybridized carbons (Fsp3) is 0.312. The van der Waals surface area contributed by atoms with E-state index in [1.165, 1.54) is 34.1 Å². The molecular formula is C16H16N4O5. The van der Waals surface area contributed by atoms with Crippen molar-refractivity contribution in [1.82, 2.24) is 14.7 Å². The number of carbonyl (C=O) groups excluding carboxylic acids is 1. The Kier molecular flexibility index (Phi) is 4.46. The molecule has 9 heteroatoms. The summed E-state index contributed by atoms with van der Waals surface area (Å²) in [6, 6.07) is 5.81. The lowest BCUT2D eigenvalue weighted by Gasteiger charge is -2.30. The second-order valence-electron chi connectivity index (χ2n) is 5.88. The van der Waals surface area contributed by atoms with Crippen LogP contribution in [0.4, 0.5) is 5.69 Å². The quantitative estimate of drug-likeness (QED) is 0.666. The third kappa shape index (κ3) is 3.49. The number of non-ortho nitro benzene ring substituents is 1. The highest BCUT2D eigenvalue weighted by atomic mass is 16.6. The lowest BCUT2D eigenvalue weighted by Crippen LogP contribution is -2.42. The summed E-state index contributed by atoms with van der Waals surface area (Å²) in [7, 11) is 0. The molecule has 3 rings (SSSR count). The Morgan fingerprint density at radius 3 is 2.64 bits per heavy atom. The van der Waals surface area contributed by atoms with Gasteiger partial charge >= 0.3 is 5.97 Å². The van der Waals surface area contributed by atoms with Crippen LogP contribution in [0.3, 0.4) is 0 Å². The van der Waals surface area contributed by atoms with Gasteiger partial charge in [0, 0.05) is 31.4 Å². The predicted octanol–water partition coefficient (Wildman–Crippen LogP) is 1.72. The van der Waals surface area contributed by atoms with Crippen molar-refractivity contribution < 1.29 is 19.6 Å². The van der Waals surface area contributed by atoms with Gasteiger partial charge in [0.2, 0.25) is 0 Å². The Balaban J connectivity index is 1.75. The molecule has 1 aromatic heterocycles. The van der Waals surface area contributed by atoms with Crippen LogP contribution in [0.2, 0.25) is 0 Å².